The van der Waals surface area contributed by atoms with Crippen molar-refractivity contribution < 1.29 is 5.11 Å². The van der Waals surface area contributed by atoms with Crippen LogP contribution >= 0.6 is 0 Å². The van der Waals surface area contributed by atoms with Crippen molar-refractivity contribution in [2.24, 2.45) is 0 Å². The second kappa shape index (κ2) is 6.64. The van der Waals surface area contributed by atoms with E-state index in [0.717, 1.165) is 22.4 Å². The van der Waals surface area contributed by atoms with Crippen LogP contribution in [-0.2, 0) is 6.54 Å². The van der Waals surface area contributed by atoms with Crippen molar-refractivity contribution in [3.63, 3.8) is 0 Å². The minimum absolute atomic E-state index is 0.487. The van der Waals surface area contributed by atoms with Gasteiger partial charge in [0.25, 0.3) is 0 Å². The molecule has 106 valence electrons. The van der Waals surface area contributed by atoms with Crippen LogP contribution in [-0.4, -0.2) is 16.6 Å². The van der Waals surface area contributed by atoms with Crippen molar-refractivity contribution in [1.82, 2.24) is 10.3 Å². The van der Waals surface area contributed by atoms with Crippen molar-refractivity contribution in [1.29, 1.82) is 0 Å². The second-order valence-electron chi connectivity index (χ2n) is 5.28. The van der Waals surface area contributed by atoms with Crippen LogP contribution in [0, 0.1) is 20.8 Å². The summed E-state index contributed by atoms with van der Waals surface area (Å²) in [5.74, 6) is 0. The fraction of sp³-hybridized carbons (Fsp3) is 0.353. The highest BCUT2D eigenvalue weighted by Crippen LogP contribution is 2.23. The van der Waals surface area contributed by atoms with E-state index in [2.05, 4.69) is 43.2 Å². The van der Waals surface area contributed by atoms with E-state index in [9.17, 15) is 5.11 Å². The molecule has 0 saturated heterocycles. The van der Waals surface area contributed by atoms with Crippen LogP contribution in [0.1, 0.15) is 34.1 Å². The summed E-state index contributed by atoms with van der Waals surface area (Å²) < 4.78 is 0. The monoisotopic (exact) mass is 270 g/mol. The maximum Gasteiger partial charge on any atom is 0.0919 e. The zero-order valence-electron chi connectivity index (χ0n) is 12.4. The lowest BCUT2D eigenvalue weighted by atomic mass is 9.95. The molecule has 1 aromatic carbocycles. The predicted molar refractivity (Wildman–Crippen MR) is 81.6 cm³/mol. The van der Waals surface area contributed by atoms with Gasteiger partial charge in [0.2, 0.25) is 0 Å². The molecule has 0 saturated carbocycles. The number of pyridine rings is 1. The smallest absolute Gasteiger partial charge is 0.0919 e. The second-order valence-corrected chi connectivity index (χ2v) is 5.28. The van der Waals surface area contributed by atoms with Gasteiger partial charge in [-0.15, -0.1) is 0 Å². The summed E-state index contributed by atoms with van der Waals surface area (Å²) in [5.41, 5.74) is 5.54. The third-order valence-electron chi connectivity index (χ3n) is 3.44. The van der Waals surface area contributed by atoms with E-state index >= 15 is 0 Å². The van der Waals surface area contributed by atoms with Gasteiger partial charge < -0.3 is 10.4 Å². The number of aliphatic hydroxyl groups excluding tert-OH is 1. The topological polar surface area (TPSA) is 45.1 Å². The Bertz CT molecular complexity index is 543. The van der Waals surface area contributed by atoms with Gasteiger partial charge in [0, 0.05) is 19.3 Å². The van der Waals surface area contributed by atoms with E-state index in [1.807, 2.05) is 18.2 Å². The Kier molecular flexibility index (Phi) is 4.88. The highest BCUT2D eigenvalue weighted by atomic mass is 16.3. The average molecular weight is 270 g/mol. The van der Waals surface area contributed by atoms with Gasteiger partial charge in [0.1, 0.15) is 0 Å². The standard InChI is InChI=1S/C17H22N2O/c1-12-8-13(2)17(14(3)9-12)16(20)11-18-10-15-6-4-5-7-19-15/h4-9,16,18,20H,10-11H2,1-3H3. The summed E-state index contributed by atoms with van der Waals surface area (Å²) in [4.78, 5) is 4.25. The molecule has 0 amide bonds. The zero-order valence-corrected chi connectivity index (χ0v) is 12.4. The molecular weight excluding hydrogens is 248 g/mol. The maximum atomic E-state index is 10.4. The molecule has 3 nitrogen and oxygen atoms in total. The largest absolute Gasteiger partial charge is 0.387 e. The fourth-order valence-corrected chi connectivity index (χ4v) is 2.66. The first kappa shape index (κ1) is 14.7. The average Bonchev–Trinajstić information content (AvgIpc) is 2.38. The lowest BCUT2D eigenvalue weighted by Gasteiger charge is -2.18. The van der Waals surface area contributed by atoms with Gasteiger partial charge in [-0.2, -0.15) is 0 Å². The quantitative estimate of drug-likeness (QED) is 0.878. The van der Waals surface area contributed by atoms with Crippen LogP contribution in [0.5, 0.6) is 0 Å². The first-order valence-corrected chi connectivity index (χ1v) is 6.94. The van der Waals surface area contributed by atoms with Crippen LogP contribution in [0.25, 0.3) is 0 Å². The first-order valence-electron chi connectivity index (χ1n) is 6.94. The third kappa shape index (κ3) is 3.65. The van der Waals surface area contributed by atoms with Crippen LogP contribution in [0.2, 0.25) is 0 Å². The SMILES string of the molecule is Cc1cc(C)c(C(O)CNCc2ccccn2)c(C)c1. The molecule has 1 heterocycles. The molecule has 2 N–H and O–H groups in total. The summed E-state index contributed by atoms with van der Waals surface area (Å²) in [7, 11) is 0. The van der Waals surface area contributed by atoms with Gasteiger partial charge in [0.05, 0.1) is 11.8 Å². The normalized spacial score (nSPS) is 12.4. The van der Waals surface area contributed by atoms with Crippen molar-refractivity contribution in [2.45, 2.75) is 33.4 Å². The molecule has 0 bridgehead atoms. The molecule has 20 heavy (non-hydrogen) atoms. The Hall–Kier alpha value is -1.71. The predicted octanol–water partition coefficient (Wildman–Crippen LogP) is 2.83. The number of hydrogen-bond acceptors (Lipinski definition) is 3. The summed E-state index contributed by atoms with van der Waals surface area (Å²) in [6, 6.07) is 10.1. The highest BCUT2D eigenvalue weighted by Gasteiger charge is 2.13. The number of aliphatic hydroxyl groups is 1. The zero-order chi connectivity index (χ0) is 14.5. The Balaban J connectivity index is 1.97. The molecule has 3 heteroatoms. The molecule has 0 spiro atoms. The van der Waals surface area contributed by atoms with E-state index in [-0.39, 0.29) is 0 Å². The number of nitrogens with zero attached hydrogens (tertiary/aromatic N) is 1. The summed E-state index contributed by atoms with van der Waals surface area (Å²) in [6.07, 6.45) is 1.29. The number of rotatable bonds is 5. The van der Waals surface area contributed by atoms with Crippen molar-refractivity contribution >= 4 is 0 Å². The molecule has 0 aliphatic carbocycles. The van der Waals surface area contributed by atoms with Crippen LogP contribution < -0.4 is 5.32 Å². The van der Waals surface area contributed by atoms with E-state index in [1.54, 1.807) is 6.20 Å². The van der Waals surface area contributed by atoms with Crippen LogP contribution in [0.3, 0.4) is 0 Å². The summed E-state index contributed by atoms with van der Waals surface area (Å²) in [6.45, 7) is 7.38. The van der Waals surface area contributed by atoms with Gasteiger partial charge in [0.15, 0.2) is 0 Å². The molecule has 1 unspecified atom stereocenters. The van der Waals surface area contributed by atoms with Gasteiger partial charge in [-0.05, 0) is 49.6 Å². The molecular formula is C17H22N2O. The third-order valence-corrected chi connectivity index (χ3v) is 3.44. The van der Waals surface area contributed by atoms with E-state index in [0.29, 0.717) is 13.1 Å². The molecule has 2 aromatic rings. The minimum Gasteiger partial charge on any atom is -0.387 e. The fourth-order valence-electron chi connectivity index (χ4n) is 2.66. The van der Waals surface area contributed by atoms with E-state index in [1.165, 1.54) is 5.56 Å². The van der Waals surface area contributed by atoms with Crippen molar-refractivity contribution in [3.05, 3.63) is 64.5 Å². The number of benzene rings is 1. The molecule has 1 atom stereocenters. The molecule has 0 fully saturated rings. The molecule has 0 radical (unpaired) electrons. The van der Waals surface area contributed by atoms with Crippen LogP contribution in [0.15, 0.2) is 36.5 Å². The van der Waals surface area contributed by atoms with E-state index in [4.69, 9.17) is 0 Å². The van der Waals surface area contributed by atoms with Gasteiger partial charge in [-0.1, -0.05) is 23.8 Å². The number of nitrogens with one attached hydrogen (secondary N) is 1. The molecule has 1 aromatic heterocycles. The Morgan fingerprint density at radius 1 is 1.15 bits per heavy atom. The van der Waals surface area contributed by atoms with Gasteiger partial charge >= 0.3 is 0 Å². The molecule has 0 aliphatic heterocycles. The lowest BCUT2D eigenvalue weighted by Crippen LogP contribution is -2.22. The number of aryl methyl sites for hydroxylation is 3. The number of hydrogen-bond donors (Lipinski definition) is 2. The van der Waals surface area contributed by atoms with Crippen molar-refractivity contribution in [2.75, 3.05) is 6.54 Å². The first-order chi connectivity index (χ1) is 9.58. The maximum absolute atomic E-state index is 10.4. The Morgan fingerprint density at radius 2 is 1.85 bits per heavy atom. The van der Waals surface area contributed by atoms with E-state index < -0.39 is 6.10 Å². The summed E-state index contributed by atoms with van der Waals surface area (Å²) >= 11 is 0. The Labute approximate surface area is 120 Å². The molecule has 2 rings (SSSR count). The van der Waals surface area contributed by atoms with Gasteiger partial charge in [-0.3, -0.25) is 4.98 Å². The lowest BCUT2D eigenvalue weighted by molar-refractivity contribution is 0.173. The van der Waals surface area contributed by atoms with Crippen molar-refractivity contribution in [3.8, 4) is 0 Å². The minimum atomic E-state index is -0.487. The molecule has 0 aliphatic rings. The summed E-state index contributed by atoms with van der Waals surface area (Å²) in [5, 5.41) is 13.6. The number of aromatic nitrogens is 1. The van der Waals surface area contributed by atoms with Crippen LogP contribution in [0.4, 0.5) is 0 Å². The highest BCUT2D eigenvalue weighted by molar-refractivity contribution is 5.39. The van der Waals surface area contributed by atoms with Gasteiger partial charge in [-0.25, -0.2) is 0 Å². The Morgan fingerprint density at radius 3 is 2.45 bits per heavy atom.